The van der Waals surface area contributed by atoms with Crippen LogP contribution in [0.15, 0.2) is 48.5 Å². The Kier molecular flexibility index (Phi) is 6.29. The highest BCUT2D eigenvalue weighted by Gasteiger charge is 2.21. The van der Waals surface area contributed by atoms with Gasteiger partial charge in [0.05, 0.1) is 11.6 Å². The van der Waals surface area contributed by atoms with Crippen molar-refractivity contribution in [1.82, 2.24) is 0 Å². The number of hydrogen-bond acceptors (Lipinski definition) is 1. The van der Waals surface area contributed by atoms with E-state index in [1.54, 1.807) is 0 Å². The highest BCUT2D eigenvalue weighted by atomic mass is 14.3. The van der Waals surface area contributed by atoms with Crippen LogP contribution in [0.2, 0.25) is 0 Å². The van der Waals surface area contributed by atoms with Crippen molar-refractivity contribution < 1.29 is 0 Å². The van der Waals surface area contributed by atoms with Gasteiger partial charge in [0.15, 0.2) is 0 Å². The first-order valence-corrected chi connectivity index (χ1v) is 9.90. The van der Waals surface area contributed by atoms with Gasteiger partial charge < -0.3 is 0 Å². The van der Waals surface area contributed by atoms with E-state index in [4.69, 9.17) is 5.26 Å². The smallest absolute Gasteiger partial charge is 0.0991 e. The lowest BCUT2D eigenvalue weighted by molar-refractivity contribution is 0.303. The van der Waals surface area contributed by atoms with Crippen molar-refractivity contribution in [2.75, 3.05) is 0 Å². The summed E-state index contributed by atoms with van der Waals surface area (Å²) in [6.07, 6.45) is 11.1. The molecular weight excluding hydrogens is 302 g/mol. The van der Waals surface area contributed by atoms with E-state index < -0.39 is 0 Å². The van der Waals surface area contributed by atoms with Crippen LogP contribution in [0.25, 0.3) is 11.1 Å². The van der Waals surface area contributed by atoms with Crippen molar-refractivity contribution in [2.45, 2.75) is 64.2 Å². The van der Waals surface area contributed by atoms with Gasteiger partial charge in [0, 0.05) is 0 Å². The molecule has 0 bridgehead atoms. The number of hydrogen-bond donors (Lipinski definition) is 0. The normalized spacial score (nSPS) is 20.2. The molecule has 1 nitrogen and oxygen atoms in total. The minimum absolute atomic E-state index is 0.719. The minimum atomic E-state index is 0.719. The monoisotopic (exact) mass is 331 g/mol. The zero-order chi connectivity index (χ0) is 17.5. The molecule has 0 N–H and O–H groups in total. The van der Waals surface area contributed by atoms with E-state index in [0.717, 1.165) is 17.4 Å². The van der Waals surface area contributed by atoms with Gasteiger partial charge in [-0.2, -0.15) is 5.26 Å². The van der Waals surface area contributed by atoms with E-state index in [2.05, 4.69) is 37.3 Å². The lowest BCUT2D eigenvalue weighted by Crippen LogP contribution is -2.13. The summed E-state index contributed by atoms with van der Waals surface area (Å²) in [6, 6.07) is 19.1. The fourth-order valence-corrected chi connectivity index (χ4v) is 4.15. The van der Waals surface area contributed by atoms with Gasteiger partial charge in [-0.25, -0.2) is 0 Å². The molecule has 1 saturated carbocycles. The number of benzene rings is 2. The Morgan fingerprint density at radius 2 is 1.44 bits per heavy atom. The van der Waals surface area contributed by atoms with Crippen LogP contribution < -0.4 is 0 Å². The number of nitrogens with zero attached hydrogens (tertiary/aromatic N) is 1. The van der Waals surface area contributed by atoms with Crippen LogP contribution in [0, 0.1) is 17.2 Å². The number of nitriles is 1. The fourth-order valence-electron chi connectivity index (χ4n) is 4.15. The van der Waals surface area contributed by atoms with Gasteiger partial charge >= 0.3 is 0 Å². The molecular formula is C24H29N. The summed E-state index contributed by atoms with van der Waals surface area (Å²) in [4.78, 5) is 0. The Morgan fingerprint density at radius 3 is 2.00 bits per heavy atom. The van der Waals surface area contributed by atoms with Crippen molar-refractivity contribution >= 4 is 0 Å². The summed E-state index contributed by atoms with van der Waals surface area (Å²) >= 11 is 0. The maximum atomic E-state index is 8.91. The third-order valence-electron chi connectivity index (χ3n) is 5.79. The van der Waals surface area contributed by atoms with Gasteiger partial charge in [-0.3, -0.25) is 0 Å². The lowest BCUT2D eigenvalue weighted by atomic mass is 9.77. The Bertz CT molecular complexity index is 682. The molecule has 1 aliphatic carbocycles. The van der Waals surface area contributed by atoms with Gasteiger partial charge in [0.25, 0.3) is 0 Å². The maximum Gasteiger partial charge on any atom is 0.0991 e. The molecule has 0 atom stereocenters. The molecule has 2 aromatic carbocycles. The van der Waals surface area contributed by atoms with Gasteiger partial charge in [-0.1, -0.05) is 69.0 Å². The van der Waals surface area contributed by atoms with Crippen LogP contribution in [0.3, 0.4) is 0 Å². The standard InChI is InChI=1S/C24H29N/c1-2-3-4-5-19-6-10-21(11-7-19)23-14-16-24(17-15-23)22-12-8-20(18-25)9-13-22/h8-9,12-17,19,21H,2-7,10-11H2,1H3. The lowest BCUT2D eigenvalue weighted by Gasteiger charge is -2.29. The molecule has 0 saturated heterocycles. The molecule has 0 heterocycles. The Morgan fingerprint density at radius 1 is 0.840 bits per heavy atom. The summed E-state index contributed by atoms with van der Waals surface area (Å²) < 4.78 is 0. The average Bonchev–Trinajstić information content (AvgIpc) is 2.69. The van der Waals surface area contributed by atoms with E-state index >= 15 is 0 Å². The summed E-state index contributed by atoms with van der Waals surface area (Å²) in [5.41, 5.74) is 4.65. The van der Waals surface area contributed by atoms with Crippen molar-refractivity contribution in [2.24, 2.45) is 5.92 Å². The summed E-state index contributed by atoms with van der Waals surface area (Å²) in [5.74, 6) is 1.72. The first kappa shape index (κ1) is 17.7. The van der Waals surface area contributed by atoms with E-state index in [0.29, 0.717) is 0 Å². The number of unbranched alkanes of at least 4 members (excludes halogenated alkanes) is 2. The molecule has 130 valence electrons. The van der Waals surface area contributed by atoms with Gasteiger partial charge in [-0.15, -0.1) is 0 Å². The second kappa shape index (κ2) is 8.86. The van der Waals surface area contributed by atoms with E-state index in [9.17, 15) is 0 Å². The summed E-state index contributed by atoms with van der Waals surface area (Å²) in [5, 5.41) is 8.91. The van der Waals surface area contributed by atoms with Crippen LogP contribution in [0.4, 0.5) is 0 Å². The summed E-state index contributed by atoms with van der Waals surface area (Å²) in [6.45, 7) is 2.29. The first-order valence-electron chi connectivity index (χ1n) is 9.90. The SMILES string of the molecule is CCCCCC1CCC(c2ccc(-c3ccc(C#N)cc3)cc2)CC1. The molecule has 0 aromatic heterocycles. The first-order chi connectivity index (χ1) is 12.3. The quantitative estimate of drug-likeness (QED) is 0.519. The fraction of sp³-hybridized carbons (Fsp3) is 0.458. The molecule has 0 radical (unpaired) electrons. The molecule has 0 aliphatic heterocycles. The Labute approximate surface area is 152 Å². The molecule has 1 aliphatic rings. The van der Waals surface area contributed by atoms with Gasteiger partial charge in [0.2, 0.25) is 0 Å². The molecule has 1 heteroatoms. The largest absolute Gasteiger partial charge is 0.192 e. The van der Waals surface area contributed by atoms with Crippen LogP contribution in [-0.4, -0.2) is 0 Å². The topological polar surface area (TPSA) is 23.8 Å². The third kappa shape index (κ3) is 4.73. The van der Waals surface area contributed by atoms with Crippen molar-refractivity contribution in [3.05, 3.63) is 59.7 Å². The van der Waals surface area contributed by atoms with E-state index in [1.807, 2.05) is 24.3 Å². The Hall–Kier alpha value is -2.07. The molecule has 2 aromatic rings. The highest BCUT2D eigenvalue weighted by molar-refractivity contribution is 5.64. The van der Waals surface area contributed by atoms with Crippen molar-refractivity contribution in [3.8, 4) is 17.2 Å². The zero-order valence-electron chi connectivity index (χ0n) is 15.4. The molecule has 0 unspecified atom stereocenters. The van der Waals surface area contributed by atoms with Crippen LogP contribution in [-0.2, 0) is 0 Å². The maximum absolute atomic E-state index is 8.91. The van der Waals surface area contributed by atoms with Crippen LogP contribution >= 0.6 is 0 Å². The van der Waals surface area contributed by atoms with Gasteiger partial charge in [-0.05, 0) is 66.3 Å². The predicted molar refractivity (Wildman–Crippen MR) is 105 cm³/mol. The van der Waals surface area contributed by atoms with Crippen LogP contribution in [0.1, 0.15) is 75.3 Å². The van der Waals surface area contributed by atoms with Gasteiger partial charge in [0.1, 0.15) is 0 Å². The molecule has 0 amide bonds. The summed E-state index contributed by atoms with van der Waals surface area (Å²) in [7, 11) is 0. The molecule has 1 fully saturated rings. The van der Waals surface area contributed by atoms with Crippen molar-refractivity contribution in [3.63, 3.8) is 0 Å². The zero-order valence-corrected chi connectivity index (χ0v) is 15.4. The van der Waals surface area contributed by atoms with E-state index in [-0.39, 0.29) is 0 Å². The van der Waals surface area contributed by atoms with E-state index in [1.165, 1.54) is 68.1 Å². The second-order valence-electron chi connectivity index (χ2n) is 7.52. The predicted octanol–water partition coefficient (Wildman–Crippen LogP) is 7.08. The highest BCUT2D eigenvalue weighted by Crippen LogP contribution is 2.38. The minimum Gasteiger partial charge on any atom is -0.192 e. The van der Waals surface area contributed by atoms with Crippen molar-refractivity contribution in [1.29, 1.82) is 5.26 Å². The Balaban J connectivity index is 1.57. The number of rotatable bonds is 6. The molecule has 25 heavy (non-hydrogen) atoms. The molecule has 0 spiro atoms. The van der Waals surface area contributed by atoms with Crippen LogP contribution in [0.5, 0.6) is 0 Å². The molecule has 3 rings (SSSR count). The second-order valence-corrected chi connectivity index (χ2v) is 7.52. The average molecular weight is 332 g/mol. The third-order valence-corrected chi connectivity index (χ3v) is 5.79.